The van der Waals surface area contributed by atoms with Gasteiger partial charge in [0.25, 0.3) is 0 Å². The lowest BCUT2D eigenvalue weighted by Gasteiger charge is -2.29. The Labute approximate surface area is 230 Å². The van der Waals surface area contributed by atoms with Crippen molar-refractivity contribution >= 4 is 57.0 Å². The minimum atomic E-state index is -0.947. The molecule has 3 aromatic rings. The molecule has 1 aromatic heterocycles. The number of methoxy groups -OCH3 is 1. The Bertz CT molecular complexity index is 1270. The third-order valence-corrected chi connectivity index (χ3v) is 6.65. The number of carbonyl (C=O) groups excluding carboxylic acids is 2. The van der Waals surface area contributed by atoms with E-state index in [1.807, 2.05) is 31.2 Å². The molecule has 0 radical (unpaired) electrons. The van der Waals surface area contributed by atoms with Gasteiger partial charge >= 0.3 is 0 Å². The summed E-state index contributed by atoms with van der Waals surface area (Å²) in [7, 11) is 1.62. The molecule has 200 valence electrons. The third-order valence-electron chi connectivity index (χ3n) is 6.07. The van der Waals surface area contributed by atoms with Crippen molar-refractivity contribution in [3.05, 3.63) is 58.7 Å². The Morgan fingerprint density at radius 1 is 1.18 bits per heavy atom. The summed E-state index contributed by atoms with van der Waals surface area (Å²) >= 11 is 3.49. The van der Waals surface area contributed by atoms with E-state index >= 15 is 0 Å². The second-order valence-electron chi connectivity index (χ2n) is 8.62. The molecule has 0 unspecified atom stereocenters. The van der Waals surface area contributed by atoms with Crippen molar-refractivity contribution < 1.29 is 19.1 Å². The van der Waals surface area contributed by atoms with Gasteiger partial charge in [-0.3, -0.25) is 4.79 Å². The number of halogens is 1. The van der Waals surface area contributed by atoms with Gasteiger partial charge in [-0.05, 0) is 46.1 Å². The third kappa shape index (κ3) is 6.59. The first-order valence-corrected chi connectivity index (χ1v) is 13.2. The maximum atomic E-state index is 12.6. The van der Waals surface area contributed by atoms with Crippen molar-refractivity contribution in [2.45, 2.75) is 19.3 Å². The molecule has 10 nitrogen and oxygen atoms in total. The predicted octanol–water partition coefficient (Wildman–Crippen LogP) is 4.38. The standard InChI is InChI=1S/C27H31BrN6O4/c1-3-10-29-26(36)20(17-35)19-6-4-5-7-22(19)31-25-21(28)16-30-27(33-25)32-23-9-8-18(15-24(23)37-2)34-11-13-38-14-12-34/h4-9,15-17,20H,3,10-14H2,1-2H3,(H,29,36)(H2,30,31,32,33)/t20-/m0/s1. The van der Waals surface area contributed by atoms with Gasteiger partial charge in [-0.2, -0.15) is 4.98 Å². The van der Waals surface area contributed by atoms with Crippen molar-refractivity contribution in [3.8, 4) is 5.75 Å². The number of hydrogen-bond acceptors (Lipinski definition) is 9. The molecule has 2 aromatic carbocycles. The number of hydrogen-bond donors (Lipinski definition) is 3. The summed E-state index contributed by atoms with van der Waals surface area (Å²) in [4.78, 5) is 35.7. The number of rotatable bonds is 11. The first kappa shape index (κ1) is 27.3. The van der Waals surface area contributed by atoms with E-state index in [0.29, 0.717) is 65.0 Å². The van der Waals surface area contributed by atoms with Gasteiger partial charge in [0, 0.05) is 43.3 Å². The van der Waals surface area contributed by atoms with Gasteiger partial charge in [0.05, 0.1) is 30.5 Å². The highest BCUT2D eigenvalue weighted by atomic mass is 79.9. The SMILES string of the molecule is CCCNC(=O)[C@@H](C=O)c1ccccc1Nc1nc(Nc2ccc(N3CCOCC3)cc2OC)ncc1Br. The molecule has 1 aliphatic heterocycles. The van der Waals surface area contributed by atoms with Crippen LogP contribution in [0.4, 0.5) is 28.8 Å². The molecular weight excluding hydrogens is 552 g/mol. The molecule has 11 heteroatoms. The molecule has 0 saturated carbocycles. The zero-order valence-electron chi connectivity index (χ0n) is 21.4. The molecule has 1 amide bonds. The number of amides is 1. The fraction of sp³-hybridized carbons (Fsp3) is 0.333. The van der Waals surface area contributed by atoms with E-state index in [4.69, 9.17) is 9.47 Å². The monoisotopic (exact) mass is 582 g/mol. The van der Waals surface area contributed by atoms with Gasteiger partial charge < -0.3 is 35.1 Å². The van der Waals surface area contributed by atoms with E-state index in [-0.39, 0.29) is 5.91 Å². The Morgan fingerprint density at radius 2 is 1.97 bits per heavy atom. The summed E-state index contributed by atoms with van der Waals surface area (Å²) in [5.74, 6) is 0.188. The Hall–Kier alpha value is -3.70. The molecule has 4 rings (SSSR count). The van der Waals surface area contributed by atoms with Crippen molar-refractivity contribution in [2.24, 2.45) is 0 Å². The lowest BCUT2D eigenvalue weighted by Crippen LogP contribution is -2.36. The molecular formula is C27H31BrN6O4. The van der Waals surface area contributed by atoms with Crippen LogP contribution in [0.3, 0.4) is 0 Å². The maximum Gasteiger partial charge on any atom is 0.234 e. The lowest BCUT2D eigenvalue weighted by molar-refractivity contribution is -0.125. The van der Waals surface area contributed by atoms with Gasteiger partial charge in [0.1, 0.15) is 23.8 Å². The first-order valence-electron chi connectivity index (χ1n) is 12.4. The van der Waals surface area contributed by atoms with E-state index in [2.05, 4.69) is 46.7 Å². The molecule has 0 bridgehead atoms. The van der Waals surface area contributed by atoms with Crippen molar-refractivity contribution in [3.63, 3.8) is 0 Å². The number of benzene rings is 2. The van der Waals surface area contributed by atoms with Crippen LogP contribution < -0.4 is 25.6 Å². The Kier molecular flexibility index (Phi) is 9.50. The molecule has 1 saturated heterocycles. The van der Waals surface area contributed by atoms with E-state index in [1.165, 1.54) is 0 Å². The van der Waals surface area contributed by atoms with Crippen LogP contribution in [0.5, 0.6) is 5.75 Å². The van der Waals surface area contributed by atoms with Crippen LogP contribution in [0.2, 0.25) is 0 Å². The zero-order chi connectivity index (χ0) is 26.9. The number of para-hydroxylation sites is 1. The molecule has 0 aliphatic carbocycles. The van der Waals surface area contributed by atoms with Gasteiger partial charge in [-0.1, -0.05) is 25.1 Å². The number of carbonyl (C=O) groups is 2. The highest BCUT2D eigenvalue weighted by Gasteiger charge is 2.23. The van der Waals surface area contributed by atoms with Crippen LogP contribution in [0.15, 0.2) is 53.1 Å². The molecule has 1 aliphatic rings. The molecule has 0 spiro atoms. The number of anilines is 5. The fourth-order valence-electron chi connectivity index (χ4n) is 4.08. The molecule has 2 heterocycles. The van der Waals surface area contributed by atoms with Crippen molar-refractivity contribution in [2.75, 3.05) is 55.5 Å². The van der Waals surface area contributed by atoms with Crippen molar-refractivity contribution in [1.82, 2.24) is 15.3 Å². The number of aldehydes is 1. The van der Waals surface area contributed by atoms with E-state index < -0.39 is 5.92 Å². The van der Waals surface area contributed by atoms with E-state index in [1.54, 1.807) is 31.5 Å². The Balaban J connectivity index is 1.56. The van der Waals surface area contributed by atoms with Crippen LogP contribution in [0, 0.1) is 0 Å². The largest absolute Gasteiger partial charge is 0.494 e. The highest BCUT2D eigenvalue weighted by Crippen LogP contribution is 2.34. The van der Waals surface area contributed by atoms with Crippen molar-refractivity contribution in [1.29, 1.82) is 0 Å². The normalized spacial score (nSPS) is 13.9. The van der Waals surface area contributed by atoms with E-state index in [9.17, 15) is 9.59 Å². The number of ether oxygens (including phenoxy) is 2. The smallest absolute Gasteiger partial charge is 0.234 e. The second kappa shape index (κ2) is 13.2. The zero-order valence-corrected chi connectivity index (χ0v) is 23.0. The predicted molar refractivity (Wildman–Crippen MR) is 151 cm³/mol. The van der Waals surface area contributed by atoms with Crippen LogP contribution in [0.25, 0.3) is 0 Å². The molecule has 3 N–H and O–H groups in total. The van der Waals surface area contributed by atoms with Gasteiger partial charge in [-0.25, -0.2) is 4.98 Å². The fourth-order valence-corrected chi connectivity index (χ4v) is 4.37. The summed E-state index contributed by atoms with van der Waals surface area (Å²) < 4.78 is 11.7. The average Bonchev–Trinajstić information content (AvgIpc) is 2.95. The van der Waals surface area contributed by atoms with Crippen LogP contribution in [-0.4, -0.2) is 62.1 Å². The molecule has 1 atom stereocenters. The topological polar surface area (TPSA) is 118 Å². The number of nitrogens with one attached hydrogen (secondary N) is 3. The summed E-state index contributed by atoms with van der Waals surface area (Å²) in [5.41, 5.74) is 2.91. The Morgan fingerprint density at radius 3 is 2.71 bits per heavy atom. The first-order chi connectivity index (χ1) is 18.5. The summed E-state index contributed by atoms with van der Waals surface area (Å²) in [6.07, 6.45) is 3.06. The molecule has 38 heavy (non-hydrogen) atoms. The van der Waals surface area contributed by atoms with Gasteiger partial charge in [0.2, 0.25) is 11.9 Å². The minimum absolute atomic E-state index is 0.340. The second-order valence-corrected chi connectivity index (χ2v) is 9.47. The number of aromatic nitrogens is 2. The van der Waals surface area contributed by atoms with Crippen LogP contribution in [-0.2, 0) is 14.3 Å². The number of morpholine rings is 1. The minimum Gasteiger partial charge on any atom is -0.494 e. The number of nitrogens with zero attached hydrogens (tertiary/aromatic N) is 3. The van der Waals surface area contributed by atoms with Crippen LogP contribution in [0.1, 0.15) is 24.8 Å². The van der Waals surface area contributed by atoms with Gasteiger partial charge in [-0.15, -0.1) is 0 Å². The summed E-state index contributed by atoms with van der Waals surface area (Å²) in [6.45, 7) is 5.51. The maximum absolute atomic E-state index is 12.6. The van der Waals surface area contributed by atoms with Gasteiger partial charge in [0.15, 0.2) is 0 Å². The molecule has 1 fully saturated rings. The summed E-state index contributed by atoms with van der Waals surface area (Å²) in [5, 5.41) is 9.26. The highest BCUT2D eigenvalue weighted by molar-refractivity contribution is 9.10. The average molecular weight is 583 g/mol. The van der Waals surface area contributed by atoms with E-state index in [0.717, 1.165) is 25.2 Å². The summed E-state index contributed by atoms with van der Waals surface area (Å²) in [6, 6.07) is 13.1. The lowest BCUT2D eigenvalue weighted by atomic mass is 9.97. The quantitative estimate of drug-likeness (QED) is 0.223. The van der Waals surface area contributed by atoms with Crippen LogP contribution >= 0.6 is 15.9 Å².